The van der Waals surface area contributed by atoms with Crippen LogP contribution in [-0.2, 0) is 9.53 Å². The van der Waals surface area contributed by atoms with Crippen LogP contribution in [0.3, 0.4) is 0 Å². The summed E-state index contributed by atoms with van der Waals surface area (Å²) in [6, 6.07) is 7.62. The lowest BCUT2D eigenvalue weighted by atomic mass is 10.2. The third-order valence-electron chi connectivity index (χ3n) is 4.13. The van der Waals surface area contributed by atoms with Gasteiger partial charge in [-0.2, -0.15) is 0 Å². The molecule has 1 atom stereocenters. The Morgan fingerprint density at radius 1 is 1.33 bits per heavy atom. The van der Waals surface area contributed by atoms with E-state index in [-0.39, 0.29) is 18.6 Å². The quantitative estimate of drug-likeness (QED) is 0.728. The molecular weight excluding hydrogens is 308 g/mol. The number of hydrogen-bond acceptors (Lipinski definition) is 6. The van der Waals surface area contributed by atoms with Crippen LogP contribution < -0.4 is 10.2 Å². The van der Waals surface area contributed by atoms with Crippen molar-refractivity contribution in [1.82, 2.24) is 15.3 Å². The summed E-state index contributed by atoms with van der Waals surface area (Å²) in [5.41, 5.74) is 0.881. The molecule has 2 N–H and O–H groups in total. The zero-order chi connectivity index (χ0) is 16.8. The van der Waals surface area contributed by atoms with Crippen molar-refractivity contribution in [3.05, 3.63) is 30.6 Å². The monoisotopic (exact) mass is 330 g/mol. The Hall–Kier alpha value is -2.25. The van der Waals surface area contributed by atoms with Crippen LogP contribution in [0.4, 0.5) is 5.82 Å². The Kier molecular flexibility index (Phi) is 5.55. The molecule has 1 unspecified atom stereocenters. The van der Waals surface area contributed by atoms with Crippen molar-refractivity contribution in [2.24, 2.45) is 0 Å². The van der Waals surface area contributed by atoms with Crippen LogP contribution in [0.1, 0.15) is 12.8 Å². The van der Waals surface area contributed by atoms with Crippen LogP contribution in [0.5, 0.6) is 0 Å². The number of carbonyl (C=O) groups is 1. The first-order valence-electron chi connectivity index (χ1n) is 8.24. The number of ether oxygens (including phenoxy) is 1. The lowest BCUT2D eigenvalue weighted by molar-refractivity contribution is -0.122. The maximum Gasteiger partial charge on any atom is 0.242 e. The fraction of sp³-hybridized carbons (Fsp3) is 0.471. The maximum atomic E-state index is 12.5. The number of nitrogens with one attached hydrogen (secondary N) is 1. The smallest absolute Gasteiger partial charge is 0.242 e. The number of aromatic nitrogens is 2. The van der Waals surface area contributed by atoms with E-state index in [4.69, 9.17) is 9.84 Å². The maximum absolute atomic E-state index is 12.5. The molecule has 1 aromatic carbocycles. The predicted octanol–water partition coefficient (Wildman–Crippen LogP) is 0.724. The van der Waals surface area contributed by atoms with Crippen LogP contribution in [-0.4, -0.2) is 59.9 Å². The molecule has 0 radical (unpaired) electrons. The van der Waals surface area contributed by atoms with Crippen LogP contribution in [0.15, 0.2) is 30.6 Å². The highest BCUT2D eigenvalue weighted by Crippen LogP contribution is 2.29. The van der Waals surface area contributed by atoms with E-state index in [0.29, 0.717) is 19.8 Å². The van der Waals surface area contributed by atoms with E-state index < -0.39 is 0 Å². The molecule has 24 heavy (non-hydrogen) atoms. The molecule has 0 bridgehead atoms. The Balaban J connectivity index is 1.69. The number of amides is 1. The van der Waals surface area contributed by atoms with E-state index in [9.17, 15) is 4.79 Å². The van der Waals surface area contributed by atoms with Crippen molar-refractivity contribution < 1.29 is 14.6 Å². The zero-order valence-electron chi connectivity index (χ0n) is 13.5. The highest BCUT2D eigenvalue weighted by Gasteiger charge is 2.32. The van der Waals surface area contributed by atoms with Crippen molar-refractivity contribution in [3.63, 3.8) is 0 Å². The van der Waals surface area contributed by atoms with E-state index in [2.05, 4.69) is 20.2 Å². The van der Waals surface area contributed by atoms with Gasteiger partial charge in [-0.15, -0.1) is 0 Å². The minimum absolute atomic E-state index is 0.00879. The normalized spacial score (nSPS) is 17.4. The van der Waals surface area contributed by atoms with Gasteiger partial charge in [-0.3, -0.25) is 4.79 Å². The first-order valence-corrected chi connectivity index (χ1v) is 8.24. The molecule has 1 aromatic heterocycles. The molecule has 0 saturated carbocycles. The van der Waals surface area contributed by atoms with Crippen LogP contribution in [0, 0.1) is 0 Å². The molecule has 1 fully saturated rings. The number of nitrogens with zero attached hydrogens (tertiary/aromatic N) is 3. The van der Waals surface area contributed by atoms with E-state index in [1.165, 1.54) is 0 Å². The number of rotatable bonds is 7. The highest BCUT2D eigenvalue weighted by molar-refractivity contribution is 5.93. The standard InChI is InChI=1S/C17H22N4O3/c22-9-11-24-10-7-18-17(23)15-6-3-8-21(15)16-13-4-1-2-5-14(13)19-12-20-16/h1-2,4-5,12,15,22H,3,6-11H2,(H,18,23). The molecule has 1 aliphatic rings. The van der Waals surface area contributed by atoms with Gasteiger partial charge in [0.15, 0.2) is 0 Å². The summed E-state index contributed by atoms with van der Waals surface area (Å²) in [5.74, 6) is 0.803. The average molecular weight is 330 g/mol. The van der Waals surface area contributed by atoms with Crippen LogP contribution in [0.25, 0.3) is 10.9 Å². The number of fused-ring (bicyclic) bond motifs is 1. The minimum Gasteiger partial charge on any atom is -0.394 e. The van der Waals surface area contributed by atoms with Gasteiger partial charge < -0.3 is 20.1 Å². The van der Waals surface area contributed by atoms with Crippen molar-refractivity contribution in [2.75, 3.05) is 37.8 Å². The molecular formula is C17H22N4O3. The van der Waals surface area contributed by atoms with Crippen molar-refractivity contribution in [2.45, 2.75) is 18.9 Å². The molecule has 1 amide bonds. The molecule has 128 valence electrons. The molecule has 1 aliphatic heterocycles. The summed E-state index contributed by atoms with van der Waals surface area (Å²) < 4.78 is 5.17. The van der Waals surface area contributed by atoms with Gasteiger partial charge in [-0.1, -0.05) is 12.1 Å². The number of anilines is 1. The third-order valence-corrected chi connectivity index (χ3v) is 4.13. The molecule has 0 spiro atoms. The van der Waals surface area contributed by atoms with Crippen LogP contribution >= 0.6 is 0 Å². The van der Waals surface area contributed by atoms with E-state index in [1.807, 2.05) is 24.3 Å². The van der Waals surface area contributed by atoms with E-state index in [0.717, 1.165) is 36.1 Å². The van der Waals surface area contributed by atoms with Gasteiger partial charge in [0.05, 0.1) is 25.3 Å². The summed E-state index contributed by atoms with van der Waals surface area (Å²) in [6.07, 6.45) is 3.31. The van der Waals surface area contributed by atoms with Gasteiger partial charge in [0, 0.05) is 18.5 Å². The van der Waals surface area contributed by atoms with Crippen molar-refractivity contribution in [3.8, 4) is 0 Å². The summed E-state index contributed by atoms with van der Waals surface area (Å²) in [7, 11) is 0. The third kappa shape index (κ3) is 3.63. The molecule has 1 saturated heterocycles. The number of hydrogen-bond donors (Lipinski definition) is 2. The first kappa shape index (κ1) is 16.6. The topological polar surface area (TPSA) is 87.6 Å². The average Bonchev–Trinajstić information content (AvgIpc) is 3.10. The number of benzene rings is 1. The number of aliphatic hydroxyl groups excluding tert-OH is 1. The van der Waals surface area contributed by atoms with Gasteiger partial charge in [-0.25, -0.2) is 9.97 Å². The summed E-state index contributed by atoms with van der Waals surface area (Å²) in [4.78, 5) is 23.3. The molecule has 7 heteroatoms. The van der Waals surface area contributed by atoms with Gasteiger partial charge in [0.1, 0.15) is 18.2 Å². The number of carbonyl (C=O) groups excluding carboxylic acids is 1. The second-order valence-corrected chi connectivity index (χ2v) is 5.69. The molecule has 2 heterocycles. The fourth-order valence-electron chi connectivity index (χ4n) is 3.04. The molecule has 7 nitrogen and oxygen atoms in total. The summed E-state index contributed by atoms with van der Waals surface area (Å²) in [5, 5.41) is 12.5. The second kappa shape index (κ2) is 8.03. The first-order chi connectivity index (χ1) is 11.8. The fourth-order valence-corrected chi connectivity index (χ4v) is 3.04. The van der Waals surface area contributed by atoms with E-state index >= 15 is 0 Å². The molecule has 3 rings (SSSR count). The molecule has 2 aromatic rings. The Morgan fingerprint density at radius 3 is 3.08 bits per heavy atom. The molecule has 0 aliphatic carbocycles. The largest absolute Gasteiger partial charge is 0.394 e. The van der Waals surface area contributed by atoms with Crippen molar-refractivity contribution >= 4 is 22.6 Å². The van der Waals surface area contributed by atoms with E-state index in [1.54, 1.807) is 6.33 Å². The Labute approximate surface area is 140 Å². The Morgan fingerprint density at radius 2 is 2.21 bits per heavy atom. The van der Waals surface area contributed by atoms with Gasteiger partial charge in [0.2, 0.25) is 5.91 Å². The van der Waals surface area contributed by atoms with Crippen molar-refractivity contribution in [1.29, 1.82) is 0 Å². The minimum atomic E-state index is -0.221. The lowest BCUT2D eigenvalue weighted by Crippen LogP contribution is -2.44. The number of para-hydroxylation sites is 1. The van der Waals surface area contributed by atoms with Gasteiger partial charge >= 0.3 is 0 Å². The van der Waals surface area contributed by atoms with Crippen LogP contribution in [0.2, 0.25) is 0 Å². The highest BCUT2D eigenvalue weighted by atomic mass is 16.5. The number of aliphatic hydroxyl groups is 1. The second-order valence-electron chi connectivity index (χ2n) is 5.69. The Bertz CT molecular complexity index is 689. The SMILES string of the molecule is O=C(NCCOCCO)C1CCCN1c1ncnc2ccccc12. The van der Waals surface area contributed by atoms with Gasteiger partial charge in [-0.05, 0) is 25.0 Å². The predicted molar refractivity (Wildman–Crippen MR) is 90.8 cm³/mol. The lowest BCUT2D eigenvalue weighted by Gasteiger charge is -2.25. The summed E-state index contributed by atoms with van der Waals surface area (Å²) in [6.45, 7) is 1.92. The zero-order valence-corrected chi connectivity index (χ0v) is 13.5. The van der Waals surface area contributed by atoms with Gasteiger partial charge in [0.25, 0.3) is 0 Å². The summed E-state index contributed by atoms with van der Waals surface area (Å²) >= 11 is 0.